The standard InChI is InChI=1S/C30H34F2N4O4/c1-30-18-23-22-17-21(40-28(31)32)10-11-24(22)33-25(23)26(19-8-6-9-20(37)16-19)36(30)29(39)35(27(30)38)15-7-14-34-12-4-2-3-5-13-34/h6,8-11,16-17,26,28,33,37H,2-5,7,12-15,18H2,1H3. The first-order valence-corrected chi connectivity index (χ1v) is 14.0. The van der Waals surface area contributed by atoms with Gasteiger partial charge in [0.25, 0.3) is 5.91 Å². The van der Waals surface area contributed by atoms with Crippen molar-refractivity contribution in [3.8, 4) is 11.5 Å². The van der Waals surface area contributed by atoms with E-state index in [4.69, 9.17) is 0 Å². The fourth-order valence-electron chi connectivity index (χ4n) is 6.72. The van der Waals surface area contributed by atoms with Crippen molar-refractivity contribution in [3.63, 3.8) is 0 Å². The molecule has 4 heterocycles. The molecule has 10 heteroatoms. The van der Waals surface area contributed by atoms with Crippen LogP contribution in [0.25, 0.3) is 10.9 Å². The Hall–Kier alpha value is -3.66. The number of H-pyrrole nitrogens is 1. The van der Waals surface area contributed by atoms with E-state index in [9.17, 15) is 23.5 Å². The summed E-state index contributed by atoms with van der Waals surface area (Å²) in [5.41, 5.74) is 1.62. The van der Waals surface area contributed by atoms with Crippen molar-refractivity contribution in [2.45, 2.75) is 63.6 Å². The Morgan fingerprint density at radius 2 is 1.85 bits per heavy atom. The van der Waals surface area contributed by atoms with Crippen molar-refractivity contribution in [2.75, 3.05) is 26.2 Å². The minimum atomic E-state index is -2.96. The molecule has 2 unspecified atom stereocenters. The fraction of sp³-hybridized carbons (Fsp3) is 0.467. The van der Waals surface area contributed by atoms with E-state index in [0.717, 1.165) is 25.2 Å². The van der Waals surface area contributed by atoms with Gasteiger partial charge in [0.15, 0.2) is 0 Å². The highest BCUT2D eigenvalue weighted by atomic mass is 19.3. The number of amides is 3. The zero-order chi connectivity index (χ0) is 28.0. The third-order valence-electron chi connectivity index (χ3n) is 8.60. The molecule has 2 atom stereocenters. The van der Waals surface area contributed by atoms with Gasteiger partial charge in [-0.2, -0.15) is 8.78 Å². The Morgan fingerprint density at radius 1 is 1.07 bits per heavy atom. The van der Waals surface area contributed by atoms with Crippen LogP contribution in [-0.4, -0.2) is 75.1 Å². The van der Waals surface area contributed by atoms with Gasteiger partial charge in [0.2, 0.25) is 0 Å². The third-order valence-corrected chi connectivity index (χ3v) is 8.60. The van der Waals surface area contributed by atoms with E-state index in [1.165, 1.54) is 36.6 Å². The summed E-state index contributed by atoms with van der Waals surface area (Å²) < 4.78 is 30.6. The number of likely N-dealkylation sites (tertiary alicyclic amines) is 1. The van der Waals surface area contributed by atoms with Crippen LogP contribution in [0.4, 0.5) is 13.6 Å². The van der Waals surface area contributed by atoms with Crippen LogP contribution in [0.5, 0.6) is 11.5 Å². The lowest BCUT2D eigenvalue weighted by Gasteiger charge is -2.42. The largest absolute Gasteiger partial charge is 0.508 e. The number of phenolic OH excluding ortho intramolecular Hbond substituents is 1. The highest BCUT2D eigenvalue weighted by molar-refractivity contribution is 6.08. The van der Waals surface area contributed by atoms with Gasteiger partial charge in [-0.3, -0.25) is 14.6 Å². The number of hydrogen-bond donors (Lipinski definition) is 2. The zero-order valence-corrected chi connectivity index (χ0v) is 22.5. The number of carbonyl (C=O) groups excluding carboxylic acids is 2. The predicted molar refractivity (Wildman–Crippen MR) is 145 cm³/mol. The summed E-state index contributed by atoms with van der Waals surface area (Å²) >= 11 is 0. The van der Waals surface area contributed by atoms with Crippen LogP contribution < -0.4 is 4.74 Å². The van der Waals surface area contributed by atoms with Crippen LogP contribution in [0.1, 0.15) is 61.9 Å². The van der Waals surface area contributed by atoms with E-state index in [1.807, 2.05) is 6.07 Å². The average Bonchev–Trinajstić information content (AvgIpc) is 3.18. The van der Waals surface area contributed by atoms with E-state index in [0.29, 0.717) is 35.1 Å². The molecule has 0 radical (unpaired) electrons. The number of aromatic hydroxyl groups is 1. The van der Waals surface area contributed by atoms with E-state index in [1.54, 1.807) is 42.2 Å². The number of halogens is 2. The van der Waals surface area contributed by atoms with Crippen molar-refractivity contribution in [1.82, 2.24) is 19.7 Å². The number of hydrogen-bond acceptors (Lipinski definition) is 5. The topological polar surface area (TPSA) is 89.1 Å². The number of urea groups is 1. The molecule has 2 aromatic carbocycles. The van der Waals surface area contributed by atoms with Gasteiger partial charge in [-0.1, -0.05) is 25.0 Å². The van der Waals surface area contributed by atoms with Crippen LogP contribution >= 0.6 is 0 Å². The zero-order valence-electron chi connectivity index (χ0n) is 22.5. The molecule has 0 bridgehead atoms. The number of nitrogens with zero attached hydrogens (tertiary/aromatic N) is 3. The van der Waals surface area contributed by atoms with E-state index < -0.39 is 18.2 Å². The maximum absolute atomic E-state index is 14.0. The van der Waals surface area contributed by atoms with Gasteiger partial charge in [0.1, 0.15) is 23.1 Å². The molecule has 3 aliphatic heterocycles. The summed E-state index contributed by atoms with van der Waals surface area (Å²) in [6.07, 6.45) is 5.76. The first kappa shape index (κ1) is 26.6. The minimum absolute atomic E-state index is 0.0229. The number of alkyl halides is 2. The van der Waals surface area contributed by atoms with Crippen LogP contribution in [-0.2, 0) is 11.2 Å². The van der Waals surface area contributed by atoms with Crippen LogP contribution in [0.2, 0.25) is 0 Å². The molecule has 2 N–H and O–H groups in total. The number of nitrogens with one attached hydrogen (secondary N) is 1. The minimum Gasteiger partial charge on any atom is -0.508 e. The lowest BCUT2D eigenvalue weighted by atomic mass is 9.81. The monoisotopic (exact) mass is 552 g/mol. The van der Waals surface area contributed by atoms with Crippen molar-refractivity contribution in [1.29, 1.82) is 0 Å². The highest BCUT2D eigenvalue weighted by Crippen LogP contribution is 2.49. The number of fused-ring (bicyclic) bond motifs is 4. The summed E-state index contributed by atoms with van der Waals surface area (Å²) in [5, 5.41) is 11.0. The fourth-order valence-corrected chi connectivity index (χ4v) is 6.72. The normalized spacial score (nSPS) is 23.6. The molecule has 2 saturated heterocycles. The van der Waals surface area contributed by atoms with Gasteiger partial charge in [-0.15, -0.1) is 0 Å². The molecule has 212 valence electrons. The molecule has 3 aliphatic rings. The Balaban J connectivity index is 1.37. The van der Waals surface area contributed by atoms with E-state index >= 15 is 0 Å². The molecular formula is C30H34F2N4O4. The van der Waals surface area contributed by atoms with Crippen LogP contribution in [0, 0.1) is 0 Å². The van der Waals surface area contributed by atoms with Gasteiger partial charge >= 0.3 is 12.6 Å². The van der Waals surface area contributed by atoms with Crippen LogP contribution in [0.3, 0.4) is 0 Å². The van der Waals surface area contributed by atoms with Gasteiger partial charge in [-0.25, -0.2) is 4.79 Å². The van der Waals surface area contributed by atoms with Gasteiger partial charge in [0.05, 0.1) is 0 Å². The second-order valence-corrected chi connectivity index (χ2v) is 11.3. The summed E-state index contributed by atoms with van der Waals surface area (Å²) in [7, 11) is 0. The summed E-state index contributed by atoms with van der Waals surface area (Å²) in [4.78, 5) is 36.8. The lowest BCUT2D eigenvalue weighted by Crippen LogP contribution is -2.53. The molecule has 0 aliphatic carbocycles. The smallest absolute Gasteiger partial charge is 0.387 e. The number of aromatic amines is 1. The van der Waals surface area contributed by atoms with Crippen molar-refractivity contribution >= 4 is 22.8 Å². The van der Waals surface area contributed by atoms with E-state index in [-0.39, 0.29) is 29.9 Å². The number of carbonyl (C=O) groups is 2. The van der Waals surface area contributed by atoms with Crippen molar-refractivity contribution in [3.05, 3.63) is 59.3 Å². The third kappa shape index (κ3) is 4.58. The van der Waals surface area contributed by atoms with Gasteiger partial charge in [0, 0.05) is 29.6 Å². The molecule has 3 aromatic rings. The second kappa shape index (κ2) is 10.4. The lowest BCUT2D eigenvalue weighted by molar-refractivity contribution is -0.133. The average molecular weight is 553 g/mol. The Kier molecular flexibility index (Phi) is 6.90. The Bertz CT molecular complexity index is 1430. The quantitative estimate of drug-likeness (QED) is 0.383. The molecule has 3 amide bonds. The van der Waals surface area contributed by atoms with Gasteiger partial charge < -0.3 is 19.7 Å². The van der Waals surface area contributed by atoms with Crippen molar-refractivity contribution in [2.24, 2.45) is 0 Å². The number of benzene rings is 2. The molecule has 8 nitrogen and oxygen atoms in total. The number of imide groups is 1. The molecule has 1 aromatic heterocycles. The SMILES string of the molecule is CC12Cc3c([nH]c4ccc(OC(F)F)cc34)C(c3cccc(O)c3)N1C(=O)N(CCCN1CCCCCC1)C2=O. The highest BCUT2D eigenvalue weighted by Gasteiger charge is 2.60. The number of rotatable bonds is 7. The molecule has 40 heavy (non-hydrogen) atoms. The number of aromatic nitrogens is 1. The second-order valence-electron chi connectivity index (χ2n) is 11.3. The molecule has 0 spiro atoms. The molecule has 0 saturated carbocycles. The number of ether oxygens (including phenoxy) is 1. The molecular weight excluding hydrogens is 518 g/mol. The summed E-state index contributed by atoms with van der Waals surface area (Å²) in [5.74, 6) is -0.199. The predicted octanol–water partition coefficient (Wildman–Crippen LogP) is 5.41. The number of phenols is 1. The maximum Gasteiger partial charge on any atom is 0.387 e. The van der Waals surface area contributed by atoms with Crippen molar-refractivity contribution < 1.29 is 28.2 Å². The molecule has 6 rings (SSSR count). The van der Waals surface area contributed by atoms with Gasteiger partial charge in [-0.05, 0) is 87.3 Å². The Morgan fingerprint density at radius 3 is 2.58 bits per heavy atom. The van der Waals surface area contributed by atoms with E-state index in [2.05, 4.69) is 14.6 Å². The maximum atomic E-state index is 14.0. The Labute approximate surface area is 231 Å². The summed E-state index contributed by atoms with van der Waals surface area (Å²) in [6.45, 7) is 2.07. The first-order valence-electron chi connectivity index (χ1n) is 14.0. The molecule has 2 fully saturated rings. The summed E-state index contributed by atoms with van der Waals surface area (Å²) in [6, 6.07) is 10.3. The van der Waals surface area contributed by atoms with Crippen LogP contribution in [0.15, 0.2) is 42.5 Å². The first-order chi connectivity index (χ1) is 19.3.